The third-order valence-electron chi connectivity index (χ3n) is 6.24. The van der Waals surface area contributed by atoms with Gasteiger partial charge in [-0.3, -0.25) is 9.59 Å². The molecule has 6 heteroatoms. The Morgan fingerprint density at radius 2 is 1.68 bits per heavy atom. The summed E-state index contributed by atoms with van der Waals surface area (Å²) in [5, 5.41) is 0. The lowest BCUT2D eigenvalue weighted by Gasteiger charge is -2.38. The predicted octanol–water partition coefficient (Wildman–Crippen LogP) is 4.06. The van der Waals surface area contributed by atoms with E-state index in [1.807, 2.05) is 36.1 Å². The number of halogens is 1. The van der Waals surface area contributed by atoms with E-state index < -0.39 is 0 Å². The number of morpholine rings is 1. The van der Waals surface area contributed by atoms with Crippen molar-refractivity contribution in [3.63, 3.8) is 0 Å². The zero-order valence-corrected chi connectivity index (χ0v) is 17.9. The number of nitrogens with zero attached hydrogens (tertiary/aromatic N) is 2. The van der Waals surface area contributed by atoms with Crippen molar-refractivity contribution in [2.24, 2.45) is 0 Å². The second kappa shape index (κ2) is 9.60. The van der Waals surface area contributed by atoms with E-state index in [-0.39, 0.29) is 29.8 Å². The van der Waals surface area contributed by atoms with Gasteiger partial charge in [0.25, 0.3) is 11.8 Å². The standard InChI is InChI=1S/C25H29FN2O3/c1-18-6-8-20(9-7-18)25(30)28(22-4-2-3-5-22)17-23-16-27(14-15-31-23)24(29)19-10-12-21(26)13-11-19/h6-13,22-23H,2-5,14-17H2,1H3. The lowest BCUT2D eigenvalue weighted by atomic mass is 10.1. The van der Waals surface area contributed by atoms with E-state index in [1.165, 1.54) is 24.3 Å². The Hall–Kier alpha value is -2.73. The van der Waals surface area contributed by atoms with Crippen LogP contribution in [0, 0.1) is 12.7 Å². The number of hydrogen-bond acceptors (Lipinski definition) is 3. The van der Waals surface area contributed by atoms with E-state index in [0.29, 0.717) is 37.4 Å². The minimum absolute atomic E-state index is 0.0254. The van der Waals surface area contributed by atoms with Crippen LogP contribution >= 0.6 is 0 Å². The molecule has 4 rings (SSSR count). The SMILES string of the molecule is Cc1ccc(C(=O)N(CC2CN(C(=O)c3ccc(F)cc3)CCO2)C2CCCC2)cc1. The normalized spacial score (nSPS) is 19.4. The zero-order chi connectivity index (χ0) is 21.8. The van der Waals surface area contributed by atoms with E-state index in [9.17, 15) is 14.0 Å². The maximum atomic E-state index is 13.3. The number of amides is 2. The molecule has 2 aromatic carbocycles. The van der Waals surface area contributed by atoms with Crippen LogP contribution in [0.15, 0.2) is 48.5 Å². The molecule has 1 atom stereocenters. The van der Waals surface area contributed by atoms with Gasteiger partial charge in [0.15, 0.2) is 0 Å². The highest BCUT2D eigenvalue weighted by atomic mass is 19.1. The fraction of sp³-hybridized carbons (Fsp3) is 0.440. The first-order valence-electron chi connectivity index (χ1n) is 11.1. The molecule has 0 N–H and O–H groups in total. The lowest BCUT2D eigenvalue weighted by Crippen LogP contribution is -2.52. The average molecular weight is 425 g/mol. The van der Waals surface area contributed by atoms with E-state index in [1.54, 1.807) is 4.90 Å². The minimum Gasteiger partial charge on any atom is -0.373 e. The van der Waals surface area contributed by atoms with Gasteiger partial charge in [-0.1, -0.05) is 30.5 Å². The van der Waals surface area contributed by atoms with Crippen molar-refractivity contribution in [2.45, 2.75) is 44.8 Å². The van der Waals surface area contributed by atoms with Crippen molar-refractivity contribution >= 4 is 11.8 Å². The van der Waals surface area contributed by atoms with Crippen molar-refractivity contribution in [1.82, 2.24) is 9.80 Å². The third-order valence-corrected chi connectivity index (χ3v) is 6.24. The molecule has 1 aliphatic heterocycles. The van der Waals surface area contributed by atoms with Crippen LogP contribution in [-0.2, 0) is 4.74 Å². The molecule has 31 heavy (non-hydrogen) atoms. The molecule has 2 amide bonds. The fourth-order valence-corrected chi connectivity index (χ4v) is 4.48. The van der Waals surface area contributed by atoms with Crippen LogP contribution in [0.5, 0.6) is 0 Å². The Kier molecular flexibility index (Phi) is 6.66. The number of carbonyl (C=O) groups is 2. The highest BCUT2D eigenvalue weighted by Crippen LogP contribution is 2.26. The van der Waals surface area contributed by atoms with Gasteiger partial charge < -0.3 is 14.5 Å². The van der Waals surface area contributed by atoms with Crippen LogP contribution in [0.3, 0.4) is 0 Å². The Bertz CT molecular complexity index is 907. The summed E-state index contributed by atoms with van der Waals surface area (Å²) in [6.45, 7) is 3.80. The monoisotopic (exact) mass is 424 g/mol. The Balaban J connectivity index is 1.47. The Morgan fingerprint density at radius 1 is 1.03 bits per heavy atom. The highest BCUT2D eigenvalue weighted by molar-refractivity contribution is 5.95. The van der Waals surface area contributed by atoms with Crippen LogP contribution in [0.4, 0.5) is 4.39 Å². The zero-order valence-electron chi connectivity index (χ0n) is 17.9. The number of benzene rings is 2. The molecule has 0 aromatic heterocycles. The van der Waals surface area contributed by atoms with Gasteiger partial charge in [-0.2, -0.15) is 0 Å². The summed E-state index contributed by atoms with van der Waals surface area (Å²) in [5.74, 6) is -0.471. The molecule has 2 aromatic rings. The molecule has 5 nitrogen and oxygen atoms in total. The number of hydrogen-bond donors (Lipinski definition) is 0. The first kappa shape index (κ1) is 21.5. The molecule has 0 spiro atoms. The van der Waals surface area contributed by atoms with E-state index in [2.05, 4.69) is 0 Å². The predicted molar refractivity (Wildman–Crippen MR) is 117 cm³/mol. The quantitative estimate of drug-likeness (QED) is 0.727. The highest BCUT2D eigenvalue weighted by Gasteiger charge is 2.32. The van der Waals surface area contributed by atoms with Crippen LogP contribution in [0.1, 0.15) is 52.0 Å². The maximum Gasteiger partial charge on any atom is 0.254 e. The first-order valence-corrected chi connectivity index (χ1v) is 11.1. The number of aryl methyl sites for hydroxylation is 1. The summed E-state index contributed by atoms with van der Waals surface area (Å²) in [4.78, 5) is 29.9. The summed E-state index contributed by atoms with van der Waals surface area (Å²) in [5.41, 5.74) is 2.27. The summed E-state index contributed by atoms with van der Waals surface area (Å²) < 4.78 is 19.2. The molecule has 1 unspecified atom stereocenters. The van der Waals surface area contributed by atoms with E-state index in [0.717, 1.165) is 31.2 Å². The van der Waals surface area contributed by atoms with Crippen LogP contribution in [0.2, 0.25) is 0 Å². The maximum absolute atomic E-state index is 13.3. The van der Waals surface area contributed by atoms with Gasteiger partial charge in [0.2, 0.25) is 0 Å². The molecule has 1 heterocycles. The second-order valence-corrected chi connectivity index (χ2v) is 8.51. The Labute approximate surface area is 182 Å². The van der Waals surface area contributed by atoms with Gasteiger partial charge in [-0.05, 0) is 56.2 Å². The fourth-order valence-electron chi connectivity index (χ4n) is 4.48. The lowest BCUT2D eigenvalue weighted by molar-refractivity contribution is -0.0370. The summed E-state index contributed by atoms with van der Waals surface area (Å²) in [6.07, 6.45) is 4.02. The molecule has 164 valence electrons. The summed E-state index contributed by atoms with van der Waals surface area (Å²) >= 11 is 0. The smallest absolute Gasteiger partial charge is 0.254 e. The molecule has 2 fully saturated rings. The van der Waals surface area contributed by atoms with Gasteiger partial charge >= 0.3 is 0 Å². The van der Waals surface area contributed by atoms with E-state index in [4.69, 9.17) is 4.74 Å². The van der Waals surface area contributed by atoms with Crippen LogP contribution in [-0.4, -0.2) is 60.0 Å². The molecule has 1 saturated heterocycles. The number of rotatable bonds is 5. The van der Waals surface area contributed by atoms with Gasteiger partial charge in [-0.15, -0.1) is 0 Å². The van der Waals surface area contributed by atoms with Crippen LogP contribution < -0.4 is 0 Å². The molecule has 0 radical (unpaired) electrons. The molecule has 0 bridgehead atoms. The molecular formula is C25H29FN2O3. The van der Waals surface area contributed by atoms with Gasteiger partial charge in [0.05, 0.1) is 12.7 Å². The first-order chi connectivity index (χ1) is 15.0. The van der Waals surface area contributed by atoms with Gasteiger partial charge in [0, 0.05) is 36.8 Å². The average Bonchev–Trinajstić information content (AvgIpc) is 3.32. The van der Waals surface area contributed by atoms with Crippen molar-refractivity contribution < 1.29 is 18.7 Å². The van der Waals surface area contributed by atoms with E-state index >= 15 is 0 Å². The summed E-state index contributed by atoms with van der Waals surface area (Å²) in [6, 6.07) is 13.5. The molecular weight excluding hydrogens is 395 g/mol. The number of carbonyl (C=O) groups excluding carboxylic acids is 2. The summed E-state index contributed by atoms with van der Waals surface area (Å²) in [7, 11) is 0. The second-order valence-electron chi connectivity index (χ2n) is 8.51. The van der Waals surface area contributed by atoms with Gasteiger partial charge in [-0.25, -0.2) is 4.39 Å². The van der Waals surface area contributed by atoms with Crippen molar-refractivity contribution in [1.29, 1.82) is 0 Å². The topological polar surface area (TPSA) is 49.9 Å². The molecule has 1 aliphatic carbocycles. The largest absolute Gasteiger partial charge is 0.373 e. The van der Waals surface area contributed by atoms with Crippen molar-refractivity contribution in [3.05, 3.63) is 71.0 Å². The van der Waals surface area contributed by atoms with Gasteiger partial charge in [0.1, 0.15) is 5.82 Å². The number of ether oxygens (including phenoxy) is 1. The minimum atomic E-state index is -0.363. The third kappa shape index (κ3) is 5.13. The molecule has 2 aliphatic rings. The Morgan fingerprint density at radius 3 is 2.35 bits per heavy atom. The van der Waals surface area contributed by atoms with Crippen molar-refractivity contribution in [2.75, 3.05) is 26.2 Å². The molecule has 1 saturated carbocycles. The van der Waals surface area contributed by atoms with Crippen LogP contribution in [0.25, 0.3) is 0 Å². The van der Waals surface area contributed by atoms with Crippen molar-refractivity contribution in [3.8, 4) is 0 Å².